The Hall–Kier alpha value is -4.05. The normalized spacial score (nSPS) is 11.9. The molecule has 0 atom stereocenters. The maximum atomic E-state index is 13.3. The van der Waals surface area contributed by atoms with Crippen LogP contribution >= 0.6 is 0 Å². The van der Waals surface area contributed by atoms with Gasteiger partial charge in [-0.1, -0.05) is 68.4 Å². The van der Waals surface area contributed by atoms with E-state index in [1.54, 1.807) is 17.0 Å². The van der Waals surface area contributed by atoms with Crippen molar-refractivity contribution >= 4 is 32.6 Å². The third kappa shape index (κ3) is 7.08. The van der Waals surface area contributed by atoms with Crippen LogP contribution in [-0.2, 0) is 22.8 Å². The largest absolute Gasteiger partial charge is 0.416 e. The van der Waals surface area contributed by atoms with Crippen molar-refractivity contribution in [2.24, 2.45) is 5.92 Å². The van der Waals surface area contributed by atoms with Crippen LogP contribution in [0.2, 0.25) is 0 Å². The Morgan fingerprint density at radius 3 is 2.36 bits per heavy atom. The molecule has 0 aliphatic heterocycles. The summed E-state index contributed by atoms with van der Waals surface area (Å²) in [4.78, 5) is 14.3. The number of carbonyl (C=O) groups is 1. The highest BCUT2D eigenvalue weighted by atomic mass is 32.2. The number of hydrogen-bond acceptors (Lipinski definition) is 4. The molecule has 0 spiro atoms. The molecule has 0 aliphatic carbocycles. The van der Waals surface area contributed by atoms with Crippen molar-refractivity contribution in [1.82, 2.24) is 4.90 Å². The van der Waals surface area contributed by atoms with E-state index < -0.39 is 26.8 Å². The average molecular weight is 557 g/mol. The zero-order valence-electron chi connectivity index (χ0n) is 21.3. The minimum absolute atomic E-state index is 0.0797. The molecule has 0 fully saturated rings. The first-order chi connectivity index (χ1) is 18.4. The van der Waals surface area contributed by atoms with Gasteiger partial charge in [0, 0.05) is 18.5 Å². The number of amides is 2. The molecular weight excluding hydrogens is 529 g/mol. The van der Waals surface area contributed by atoms with Gasteiger partial charge in [-0.25, -0.2) is 4.79 Å². The molecule has 0 saturated carbocycles. The van der Waals surface area contributed by atoms with Crippen molar-refractivity contribution in [1.29, 1.82) is 0 Å². The summed E-state index contributed by atoms with van der Waals surface area (Å²) in [5.41, 5.74) is 0.152. The number of halogens is 3. The van der Waals surface area contributed by atoms with E-state index in [0.717, 1.165) is 29.0 Å². The topological polar surface area (TPSA) is 75.7 Å². The molecule has 0 radical (unpaired) electrons. The van der Waals surface area contributed by atoms with E-state index in [0.29, 0.717) is 23.9 Å². The van der Waals surface area contributed by atoms with Crippen molar-refractivity contribution < 1.29 is 30.6 Å². The standard InChI is InChI=1S/C29H27F3N2O4S/c1-20(2)18-34(28(35)33-27-15-6-10-22-9-3-4-14-26(22)27)19-21-8-5-12-24(16-21)38-39(36,37)25-13-7-11-23(17-25)29(30,31)32/h3-17,20H,18-19H2,1-2H3,(H,33,35). The molecule has 4 rings (SSSR count). The maximum absolute atomic E-state index is 13.3. The number of urea groups is 1. The lowest BCUT2D eigenvalue weighted by atomic mass is 10.1. The van der Waals surface area contributed by atoms with Gasteiger partial charge >= 0.3 is 22.3 Å². The summed E-state index contributed by atoms with van der Waals surface area (Å²) in [7, 11) is -4.53. The number of carbonyl (C=O) groups excluding carboxylic acids is 1. The Morgan fingerprint density at radius 1 is 0.923 bits per heavy atom. The molecular formula is C29H27F3N2O4S. The second kappa shape index (κ2) is 11.4. The van der Waals surface area contributed by atoms with E-state index in [9.17, 15) is 26.4 Å². The van der Waals surface area contributed by atoms with E-state index in [1.165, 1.54) is 12.1 Å². The van der Waals surface area contributed by atoms with Crippen LogP contribution in [0.25, 0.3) is 10.8 Å². The van der Waals surface area contributed by atoms with Gasteiger partial charge in [-0.15, -0.1) is 0 Å². The molecule has 39 heavy (non-hydrogen) atoms. The third-order valence-corrected chi connectivity index (χ3v) is 7.07. The van der Waals surface area contributed by atoms with Crippen LogP contribution in [0, 0.1) is 5.92 Å². The van der Waals surface area contributed by atoms with Crippen molar-refractivity contribution in [2.45, 2.75) is 31.5 Å². The first-order valence-corrected chi connectivity index (χ1v) is 13.6. The van der Waals surface area contributed by atoms with Gasteiger partial charge in [0.2, 0.25) is 0 Å². The number of nitrogens with one attached hydrogen (secondary N) is 1. The zero-order valence-corrected chi connectivity index (χ0v) is 22.1. The maximum Gasteiger partial charge on any atom is 0.416 e. The highest BCUT2D eigenvalue weighted by Crippen LogP contribution is 2.31. The SMILES string of the molecule is CC(C)CN(Cc1cccc(OS(=O)(=O)c2cccc(C(F)(F)F)c2)c1)C(=O)Nc1cccc2ccccc12. The Balaban J connectivity index is 1.54. The predicted octanol–water partition coefficient (Wildman–Crippen LogP) is 7.32. The molecule has 10 heteroatoms. The van der Waals surface area contributed by atoms with Crippen LogP contribution in [0.15, 0.2) is 95.9 Å². The Morgan fingerprint density at radius 2 is 1.62 bits per heavy atom. The smallest absolute Gasteiger partial charge is 0.379 e. The molecule has 4 aromatic rings. The fraction of sp³-hybridized carbons (Fsp3) is 0.207. The molecule has 4 aromatic carbocycles. The molecule has 0 aliphatic rings. The van der Waals surface area contributed by atoms with Gasteiger partial charge in [-0.3, -0.25) is 0 Å². The van der Waals surface area contributed by atoms with Gasteiger partial charge < -0.3 is 14.4 Å². The van der Waals surface area contributed by atoms with Crippen LogP contribution < -0.4 is 9.50 Å². The number of nitrogens with zero attached hydrogens (tertiary/aromatic N) is 1. The minimum Gasteiger partial charge on any atom is -0.379 e. The quantitative estimate of drug-likeness (QED) is 0.231. The number of benzene rings is 4. The second-order valence-corrected chi connectivity index (χ2v) is 11.0. The lowest BCUT2D eigenvalue weighted by molar-refractivity contribution is -0.137. The highest BCUT2D eigenvalue weighted by Gasteiger charge is 2.32. The molecule has 1 N–H and O–H groups in total. The molecule has 0 saturated heterocycles. The molecule has 0 heterocycles. The van der Waals surface area contributed by atoms with Crippen LogP contribution in [-0.4, -0.2) is 25.9 Å². The monoisotopic (exact) mass is 556 g/mol. The number of anilines is 1. The van der Waals surface area contributed by atoms with Crippen molar-refractivity contribution in [3.8, 4) is 5.75 Å². The summed E-state index contributed by atoms with van der Waals surface area (Å²) < 4.78 is 69.7. The van der Waals surface area contributed by atoms with E-state index in [1.807, 2.05) is 56.3 Å². The van der Waals surface area contributed by atoms with E-state index in [2.05, 4.69) is 5.32 Å². The third-order valence-electron chi connectivity index (χ3n) is 5.83. The summed E-state index contributed by atoms with van der Waals surface area (Å²) in [5.74, 6) is 0.0628. The van der Waals surface area contributed by atoms with Gasteiger partial charge in [0.15, 0.2) is 0 Å². The lowest BCUT2D eigenvalue weighted by Crippen LogP contribution is -2.37. The summed E-state index contributed by atoms with van der Waals surface area (Å²) in [6, 6.07) is 22.4. The number of hydrogen-bond donors (Lipinski definition) is 1. The van der Waals surface area contributed by atoms with E-state index >= 15 is 0 Å². The fourth-order valence-electron chi connectivity index (χ4n) is 4.11. The van der Waals surface area contributed by atoms with Crippen LogP contribution in [0.4, 0.5) is 23.7 Å². The molecule has 2 amide bonds. The summed E-state index contributed by atoms with van der Waals surface area (Å²) in [6.45, 7) is 4.51. The Bertz CT molecular complexity index is 1580. The summed E-state index contributed by atoms with van der Waals surface area (Å²) in [5, 5.41) is 4.85. The van der Waals surface area contributed by atoms with E-state index in [-0.39, 0.29) is 24.2 Å². The summed E-state index contributed by atoms with van der Waals surface area (Å²) in [6.07, 6.45) is -4.70. The van der Waals surface area contributed by atoms with Gasteiger partial charge in [-0.05, 0) is 53.3 Å². The molecule has 0 bridgehead atoms. The van der Waals surface area contributed by atoms with Gasteiger partial charge in [0.25, 0.3) is 0 Å². The first kappa shape index (κ1) is 28.0. The number of fused-ring (bicyclic) bond motifs is 1. The zero-order chi connectivity index (χ0) is 28.2. The summed E-state index contributed by atoms with van der Waals surface area (Å²) >= 11 is 0. The molecule has 204 valence electrons. The second-order valence-electron chi connectivity index (χ2n) is 9.44. The van der Waals surface area contributed by atoms with Gasteiger partial charge in [0.1, 0.15) is 10.6 Å². The number of rotatable bonds is 8. The molecule has 6 nitrogen and oxygen atoms in total. The predicted molar refractivity (Wildman–Crippen MR) is 144 cm³/mol. The highest BCUT2D eigenvalue weighted by molar-refractivity contribution is 7.87. The van der Waals surface area contributed by atoms with Crippen molar-refractivity contribution in [3.05, 3.63) is 102 Å². The van der Waals surface area contributed by atoms with E-state index in [4.69, 9.17) is 4.18 Å². The lowest BCUT2D eigenvalue weighted by Gasteiger charge is -2.25. The number of alkyl halides is 3. The Labute approximate surface area is 225 Å². The van der Waals surface area contributed by atoms with Crippen molar-refractivity contribution in [3.63, 3.8) is 0 Å². The first-order valence-electron chi connectivity index (χ1n) is 12.2. The van der Waals surface area contributed by atoms with Crippen LogP contribution in [0.1, 0.15) is 25.0 Å². The molecule has 0 aromatic heterocycles. The average Bonchev–Trinajstić information content (AvgIpc) is 2.88. The van der Waals surface area contributed by atoms with Crippen molar-refractivity contribution in [2.75, 3.05) is 11.9 Å². The Kier molecular flexibility index (Phi) is 8.15. The van der Waals surface area contributed by atoms with Crippen LogP contribution in [0.3, 0.4) is 0 Å². The van der Waals surface area contributed by atoms with Gasteiger partial charge in [-0.2, -0.15) is 21.6 Å². The minimum atomic E-state index is -4.70. The van der Waals surface area contributed by atoms with Gasteiger partial charge in [0.05, 0.1) is 11.3 Å². The fourth-order valence-corrected chi connectivity index (χ4v) is 5.08. The van der Waals surface area contributed by atoms with Crippen LogP contribution in [0.5, 0.6) is 5.75 Å². The molecule has 0 unspecified atom stereocenters.